The molecule has 0 spiro atoms. The summed E-state index contributed by atoms with van der Waals surface area (Å²) in [5, 5.41) is 5.04. The van der Waals surface area contributed by atoms with Crippen LogP contribution in [0.25, 0.3) is 10.2 Å². The van der Waals surface area contributed by atoms with Crippen LogP contribution in [0.3, 0.4) is 0 Å². The highest BCUT2D eigenvalue weighted by Crippen LogP contribution is 2.23. The van der Waals surface area contributed by atoms with E-state index in [1.807, 2.05) is 13.8 Å². The maximum absolute atomic E-state index is 11.7. The van der Waals surface area contributed by atoms with E-state index in [4.69, 9.17) is 5.14 Å². The van der Waals surface area contributed by atoms with Crippen molar-refractivity contribution in [2.45, 2.75) is 24.8 Å². The first kappa shape index (κ1) is 12.3. The highest BCUT2D eigenvalue weighted by atomic mass is 32.2. The minimum absolute atomic E-state index is 0.0298. The van der Waals surface area contributed by atoms with E-state index in [2.05, 4.69) is 0 Å². The third kappa shape index (κ3) is 2.13. The Labute approximate surface area is 103 Å². The SMILES string of the molecule is CC(C)n1c(=O)sc2cc(S(N)(=O)=O)ccc21. The summed E-state index contributed by atoms with van der Waals surface area (Å²) in [6, 6.07) is 4.52. The molecule has 0 unspecified atom stereocenters. The van der Waals surface area contributed by atoms with Gasteiger partial charge >= 0.3 is 4.87 Å². The molecular formula is C10H12N2O3S2. The summed E-state index contributed by atoms with van der Waals surface area (Å²) in [5.74, 6) is 0. The van der Waals surface area contributed by atoms with E-state index >= 15 is 0 Å². The van der Waals surface area contributed by atoms with Crippen molar-refractivity contribution in [3.63, 3.8) is 0 Å². The first-order valence-electron chi connectivity index (χ1n) is 4.98. The molecule has 0 aliphatic heterocycles. The van der Waals surface area contributed by atoms with Crippen molar-refractivity contribution in [1.29, 1.82) is 0 Å². The van der Waals surface area contributed by atoms with Crippen molar-refractivity contribution in [3.05, 3.63) is 27.9 Å². The van der Waals surface area contributed by atoms with Gasteiger partial charge < -0.3 is 0 Å². The zero-order valence-electron chi connectivity index (χ0n) is 9.38. The number of hydrogen-bond donors (Lipinski definition) is 1. The number of nitrogens with zero attached hydrogens (tertiary/aromatic N) is 1. The van der Waals surface area contributed by atoms with Gasteiger partial charge in [-0.3, -0.25) is 9.36 Å². The molecule has 0 bridgehead atoms. The van der Waals surface area contributed by atoms with Crippen LogP contribution in [0, 0.1) is 0 Å². The topological polar surface area (TPSA) is 82.2 Å². The van der Waals surface area contributed by atoms with Gasteiger partial charge in [0.05, 0.1) is 15.1 Å². The Balaban J connectivity index is 2.79. The lowest BCUT2D eigenvalue weighted by Crippen LogP contribution is -2.15. The van der Waals surface area contributed by atoms with Crippen molar-refractivity contribution in [2.24, 2.45) is 5.14 Å². The number of primary sulfonamides is 1. The molecule has 1 aromatic heterocycles. The smallest absolute Gasteiger partial charge is 0.296 e. The number of rotatable bonds is 2. The fourth-order valence-electron chi connectivity index (χ4n) is 1.68. The Kier molecular flexibility index (Phi) is 2.84. The molecule has 0 fully saturated rings. The lowest BCUT2D eigenvalue weighted by Gasteiger charge is -2.07. The predicted molar refractivity (Wildman–Crippen MR) is 67.8 cm³/mol. The number of hydrogen-bond acceptors (Lipinski definition) is 4. The largest absolute Gasteiger partial charge is 0.308 e. The zero-order valence-corrected chi connectivity index (χ0v) is 11.0. The molecule has 0 amide bonds. The fourth-order valence-corrected chi connectivity index (χ4v) is 3.35. The van der Waals surface area contributed by atoms with Crippen molar-refractivity contribution in [1.82, 2.24) is 4.57 Å². The van der Waals surface area contributed by atoms with Crippen LogP contribution in [-0.4, -0.2) is 13.0 Å². The molecule has 0 aliphatic rings. The molecule has 7 heteroatoms. The van der Waals surface area contributed by atoms with Crippen LogP contribution in [0.4, 0.5) is 0 Å². The second kappa shape index (κ2) is 3.94. The van der Waals surface area contributed by atoms with Crippen molar-refractivity contribution in [2.75, 3.05) is 0 Å². The average Bonchev–Trinajstić information content (AvgIpc) is 2.50. The minimum Gasteiger partial charge on any atom is -0.296 e. The Morgan fingerprint density at radius 1 is 1.35 bits per heavy atom. The maximum atomic E-state index is 11.7. The lowest BCUT2D eigenvalue weighted by atomic mass is 10.3. The summed E-state index contributed by atoms with van der Waals surface area (Å²) >= 11 is 1.02. The number of sulfonamides is 1. The molecule has 1 aromatic carbocycles. The number of thiazole rings is 1. The molecule has 0 radical (unpaired) electrons. The number of fused-ring (bicyclic) bond motifs is 1. The molecule has 0 atom stereocenters. The molecule has 0 saturated heterocycles. The van der Waals surface area contributed by atoms with Gasteiger partial charge in [0.15, 0.2) is 0 Å². The zero-order chi connectivity index (χ0) is 12.8. The van der Waals surface area contributed by atoms with Crippen LogP contribution in [0.1, 0.15) is 19.9 Å². The number of aromatic nitrogens is 1. The van der Waals surface area contributed by atoms with Crippen molar-refractivity contribution in [3.8, 4) is 0 Å². The summed E-state index contributed by atoms with van der Waals surface area (Å²) in [7, 11) is -3.72. The molecule has 2 rings (SSSR count). The van der Waals surface area contributed by atoms with Gasteiger partial charge in [-0.05, 0) is 32.0 Å². The fraction of sp³-hybridized carbons (Fsp3) is 0.300. The lowest BCUT2D eigenvalue weighted by molar-refractivity contribution is 0.598. The summed E-state index contributed by atoms with van der Waals surface area (Å²) in [6.45, 7) is 3.81. The third-order valence-corrected chi connectivity index (χ3v) is 4.26. The van der Waals surface area contributed by atoms with Crippen molar-refractivity contribution < 1.29 is 8.42 Å². The second-order valence-corrected chi connectivity index (χ2v) is 6.56. The van der Waals surface area contributed by atoms with E-state index < -0.39 is 10.0 Å². The van der Waals surface area contributed by atoms with E-state index in [0.717, 1.165) is 16.9 Å². The highest BCUT2D eigenvalue weighted by molar-refractivity contribution is 7.89. The van der Waals surface area contributed by atoms with E-state index in [0.29, 0.717) is 4.70 Å². The van der Waals surface area contributed by atoms with Gasteiger partial charge in [-0.15, -0.1) is 0 Å². The molecule has 2 N–H and O–H groups in total. The van der Waals surface area contributed by atoms with Gasteiger partial charge in [0.1, 0.15) is 0 Å². The molecule has 0 saturated carbocycles. The molecule has 1 heterocycles. The van der Waals surface area contributed by atoms with Crippen molar-refractivity contribution >= 4 is 31.6 Å². The van der Waals surface area contributed by atoms with E-state index in [9.17, 15) is 13.2 Å². The van der Waals surface area contributed by atoms with Crippen LogP contribution < -0.4 is 10.0 Å². The Morgan fingerprint density at radius 3 is 2.53 bits per heavy atom. The van der Waals surface area contributed by atoms with Gasteiger partial charge in [0.25, 0.3) is 0 Å². The summed E-state index contributed by atoms with van der Waals surface area (Å²) in [4.78, 5) is 11.7. The summed E-state index contributed by atoms with van der Waals surface area (Å²) < 4.78 is 24.7. The summed E-state index contributed by atoms with van der Waals surface area (Å²) in [5.41, 5.74) is 0.738. The second-order valence-electron chi connectivity index (χ2n) is 4.01. The predicted octanol–water partition coefficient (Wildman–Crippen LogP) is 1.29. The van der Waals surface area contributed by atoms with Gasteiger partial charge in [-0.1, -0.05) is 11.3 Å². The number of benzene rings is 1. The first-order valence-corrected chi connectivity index (χ1v) is 7.35. The average molecular weight is 272 g/mol. The van der Waals surface area contributed by atoms with Gasteiger partial charge in [0, 0.05) is 6.04 Å². The monoisotopic (exact) mass is 272 g/mol. The van der Waals surface area contributed by atoms with Crippen LogP contribution >= 0.6 is 11.3 Å². The standard InChI is InChI=1S/C10H12N2O3S2/c1-6(2)12-8-4-3-7(17(11,14)15)5-9(8)16-10(12)13/h3-6H,1-2H3,(H2,11,14,15). The molecule has 92 valence electrons. The van der Waals surface area contributed by atoms with E-state index in [-0.39, 0.29) is 15.8 Å². The Morgan fingerprint density at radius 2 is 2.00 bits per heavy atom. The van der Waals surface area contributed by atoms with Gasteiger partial charge in [-0.25, -0.2) is 13.6 Å². The highest BCUT2D eigenvalue weighted by Gasteiger charge is 2.14. The molecule has 5 nitrogen and oxygen atoms in total. The minimum atomic E-state index is -3.72. The number of nitrogens with two attached hydrogens (primary N) is 1. The van der Waals surface area contributed by atoms with Gasteiger partial charge in [-0.2, -0.15) is 0 Å². The summed E-state index contributed by atoms with van der Waals surface area (Å²) in [6.07, 6.45) is 0. The van der Waals surface area contributed by atoms with Crippen LogP contribution in [0.2, 0.25) is 0 Å². The molecule has 2 aromatic rings. The molecular weight excluding hydrogens is 260 g/mol. The quantitative estimate of drug-likeness (QED) is 0.894. The maximum Gasteiger partial charge on any atom is 0.308 e. The van der Waals surface area contributed by atoms with E-state index in [1.165, 1.54) is 12.1 Å². The van der Waals surface area contributed by atoms with Crippen LogP contribution in [-0.2, 0) is 10.0 Å². The van der Waals surface area contributed by atoms with Gasteiger partial charge in [0.2, 0.25) is 10.0 Å². The third-order valence-electron chi connectivity index (χ3n) is 2.43. The van der Waals surface area contributed by atoms with Crippen LogP contribution in [0.5, 0.6) is 0 Å². The normalized spacial score (nSPS) is 12.5. The van der Waals surface area contributed by atoms with Crippen LogP contribution in [0.15, 0.2) is 27.9 Å². The first-order chi connectivity index (χ1) is 7.80. The Hall–Kier alpha value is -1.18. The van der Waals surface area contributed by atoms with E-state index in [1.54, 1.807) is 10.6 Å². The molecule has 0 aliphatic carbocycles. The Bertz CT molecular complexity index is 726. The molecule has 17 heavy (non-hydrogen) atoms.